The zero-order valence-electron chi connectivity index (χ0n) is 15.3. The largest absolute Gasteiger partial charge is 0.293 e. The molecule has 2 aromatic rings. The molecule has 2 aromatic carbocycles. The Labute approximate surface area is 156 Å². The molecule has 2 aliphatic heterocycles. The van der Waals surface area contributed by atoms with Crippen molar-refractivity contribution in [2.45, 2.75) is 43.2 Å². The summed E-state index contributed by atoms with van der Waals surface area (Å²) in [6.07, 6.45) is 3.02. The van der Waals surface area contributed by atoms with Crippen LogP contribution in [0.5, 0.6) is 0 Å². The molecular formula is C21H26N2O2S. The summed E-state index contributed by atoms with van der Waals surface area (Å²) in [7, 11) is -3.37. The Kier molecular flexibility index (Phi) is 4.63. The van der Waals surface area contributed by atoms with Crippen molar-refractivity contribution in [2.75, 3.05) is 19.6 Å². The molecule has 4 rings (SSSR count). The minimum Gasteiger partial charge on any atom is -0.293 e. The van der Waals surface area contributed by atoms with E-state index in [1.54, 1.807) is 16.4 Å². The van der Waals surface area contributed by atoms with Gasteiger partial charge in [-0.3, -0.25) is 4.90 Å². The van der Waals surface area contributed by atoms with Crippen molar-refractivity contribution in [3.8, 4) is 0 Å². The summed E-state index contributed by atoms with van der Waals surface area (Å²) in [6.45, 7) is 5.27. The molecule has 0 amide bonds. The van der Waals surface area contributed by atoms with Crippen LogP contribution in [0, 0.1) is 6.92 Å². The lowest BCUT2D eigenvalue weighted by Crippen LogP contribution is -2.63. The first kappa shape index (κ1) is 17.7. The van der Waals surface area contributed by atoms with Crippen LogP contribution in [0.3, 0.4) is 0 Å². The van der Waals surface area contributed by atoms with Gasteiger partial charge in [0.25, 0.3) is 0 Å². The van der Waals surface area contributed by atoms with Crippen LogP contribution in [0.4, 0.5) is 0 Å². The number of hydrogen-bond donors (Lipinski definition) is 0. The smallest absolute Gasteiger partial charge is 0.243 e. The first-order chi connectivity index (χ1) is 12.5. The molecule has 138 valence electrons. The van der Waals surface area contributed by atoms with E-state index < -0.39 is 10.0 Å². The van der Waals surface area contributed by atoms with Gasteiger partial charge in [-0.2, -0.15) is 4.31 Å². The Hall–Kier alpha value is -1.69. The van der Waals surface area contributed by atoms with Gasteiger partial charge in [-0.05, 0) is 43.9 Å². The lowest BCUT2D eigenvalue weighted by atomic mass is 9.76. The molecule has 2 heterocycles. The lowest BCUT2D eigenvalue weighted by molar-refractivity contribution is -0.0542. The Morgan fingerprint density at radius 2 is 1.50 bits per heavy atom. The molecule has 0 aliphatic carbocycles. The third-order valence-electron chi connectivity index (χ3n) is 6.05. The molecule has 0 aromatic heterocycles. The van der Waals surface area contributed by atoms with Crippen LogP contribution in [-0.2, 0) is 16.6 Å². The van der Waals surface area contributed by atoms with E-state index in [1.165, 1.54) is 12.0 Å². The van der Waals surface area contributed by atoms with Crippen LogP contribution in [0.2, 0.25) is 0 Å². The Balaban J connectivity index is 1.43. The molecule has 2 fully saturated rings. The van der Waals surface area contributed by atoms with Gasteiger partial charge in [0, 0.05) is 31.7 Å². The number of likely N-dealkylation sites (tertiary alicyclic amines) is 1. The number of aryl methyl sites for hydroxylation is 1. The number of piperidine rings is 1. The highest BCUT2D eigenvalue weighted by atomic mass is 32.2. The molecule has 0 atom stereocenters. The summed E-state index contributed by atoms with van der Waals surface area (Å²) >= 11 is 0. The highest BCUT2D eigenvalue weighted by molar-refractivity contribution is 7.89. The van der Waals surface area contributed by atoms with Gasteiger partial charge in [0.05, 0.1) is 4.90 Å². The van der Waals surface area contributed by atoms with Crippen molar-refractivity contribution in [3.05, 3.63) is 65.7 Å². The average Bonchev–Trinajstić information content (AvgIpc) is 2.66. The van der Waals surface area contributed by atoms with E-state index in [1.807, 2.05) is 25.1 Å². The zero-order valence-corrected chi connectivity index (χ0v) is 16.1. The molecule has 26 heavy (non-hydrogen) atoms. The standard InChI is InChI=1S/C21H26N2O2S/c1-18-7-9-20(10-8-18)26(24,25)23-15-12-21(13-16-23)11-14-22(21)17-19-5-3-2-4-6-19/h2-10H,11-17H2,1H3. The van der Waals surface area contributed by atoms with Crippen LogP contribution >= 0.6 is 0 Å². The van der Waals surface area contributed by atoms with Crippen molar-refractivity contribution in [1.29, 1.82) is 0 Å². The minimum absolute atomic E-state index is 0.190. The van der Waals surface area contributed by atoms with Gasteiger partial charge in [0.15, 0.2) is 0 Å². The topological polar surface area (TPSA) is 40.6 Å². The molecule has 0 saturated carbocycles. The number of benzene rings is 2. The first-order valence-electron chi connectivity index (χ1n) is 9.35. The normalized spacial score (nSPS) is 20.8. The van der Waals surface area contributed by atoms with E-state index in [9.17, 15) is 8.42 Å². The van der Waals surface area contributed by atoms with Gasteiger partial charge in [-0.25, -0.2) is 8.42 Å². The third kappa shape index (κ3) is 3.20. The summed E-state index contributed by atoms with van der Waals surface area (Å²) in [5.41, 5.74) is 2.60. The van der Waals surface area contributed by atoms with Crippen LogP contribution in [0.25, 0.3) is 0 Å². The van der Waals surface area contributed by atoms with E-state index in [0.717, 1.165) is 31.5 Å². The number of hydrogen-bond acceptors (Lipinski definition) is 3. The van der Waals surface area contributed by atoms with Gasteiger partial charge >= 0.3 is 0 Å². The van der Waals surface area contributed by atoms with Crippen molar-refractivity contribution in [3.63, 3.8) is 0 Å². The van der Waals surface area contributed by atoms with Gasteiger partial charge in [-0.15, -0.1) is 0 Å². The molecule has 2 saturated heterocycles. The maximum atomic E-state index is 12.9. The zero-order chi connectivity index (χ0) is 18.2. The predicted molar refractivity (Wildman–Crippen MR) is 103 cm³/mol. The summed E-state index contributed by atoms with van der Waals surface area (Å²) < 4.78 is 27.5. The molecule has 0 unspecified atom stereocenters. The quantitative estimate of drug-likeness (QED) is 0.828. The fourth-order valence-electron chi connectivity index (χ4n) is 4.21. The minimum atomic E-state index is -3.37. The summed E-state index contributed by atoms with van der Waals surface area (Å²) in [4.78, 5) is 2.95. The number of rotatable bonds is 4. The SMILES string of the molecule is Cc1ccc(S(=O)(=O)N2CCC3(CCN3Cc3ccccc3)CC2)cc1. The van der Waals surface area contributed by atoms with Crippen LogP contribution in [0.1, 0.15) is 30.4 Å². The Bertz CT molecular complexity index is 855. The summed E-state index contributed by atoms with van der Waals surface area (Å²) in [5, 5.41) is 0. The molecule has 0 bridgehead atoms. The molecular weight excluding hydrogens is 344 g/mol. The van der Waals surface area contributed by atoms with Gasteiger partial charge in [-0.1, -0.05) is 48.0 Å². The van der Waals surface area contributed by atoms with Crippen LogP contribution < -0.4 is 0 Å². The molecule has 2 aliphatic rings. The molecule has 4 nitrogen and oxygen atoms in total. The van der Waals surface area contributed by atoms with Crippen molar-refractivity contribution in [1.82, 2.24) is 9.21 Å². The average molecular weight is 371 g/mol. The highest BCUT2D eigenvalue weighted by Gasteiger charge is 2.47. The van der Waals surface area contributed by atoms with Gasteiger partial charge in [0.2, 0.25) is 10.0 Å². The van der Waals surface area contributed by atoms with Crippen molar-refractivity contribution in [2.24, 2.45) is 0 Å². The second-order valence-electron chi connectivity index (χ2n) is 7.60. The van der Waals surface area contributed by atoms with Gasteiger partial charge in [0.1, 0.15) is 0 Å². The second-order valence-corrected chi connectivity index (χ2v) is 9.54. The maximum Gasteiger partial charge on any atom is 0.243 e. The summed E-state index contributed by atoms with van der Waals surface area (Å²) in [6, 6.07) is 17.7. The van der Waals surface area contributed by atoms with E-state index >= 15 is 0 Å². The molecule has 1 spiro atoms. The number of nitrogens with zero attached hydrogens (tertiary/aromatic N) is 2. The molecule has 0 N–H and O–H groups in total. The Morgan fingerprint density at radius 1 is 0.885 bits per heavy atom. The Morgan fingerprint density at radius 3 is 2.08 bits per heavy atom. The second kappa shape index (κ2) is 6.80. The predicted octanol–water partition coefficient (Wildman–Crippen LogP) is 3.42. The van der Waals surface area contributed by atoms with Crippen LogP contribution in [-0.4, -0.2) is 42.8 Å². The van der Waals surface area contributed by atoms with E-state index in [2.05, 4.69) is 29.2 Å². The van der Waals surface area contributed by atoms with Crippen LogP contribution in [0.15, 0.2) is 59.5 Å². The first-order valence-corrected chi connectivity index (χ1v) is 10.8. The fourth-order valence-corrected chi connectivity index (χ4v) is 5.65. The highest BCUT2D eigenvalue weighted by Crippen LogP contribution is 2.41. The van der Waals surface area contributed by atoms with Crippen molar-refractivity contribution < 1.29 is 8.42 Å². The van der Waals surface area contributed by atoms with E-state index in [4.69, 9.17) is 0 Å². The van der Waals surface area contributed by atoms with Crippen molar-refractivity contribution >= 4 is 10.0 Å². The molecule has 0 radical (unpaired) electrons. The van der Waals surface area contributed by atoms with E-state index in [-0.39, 0.29) is 5.54 Å². The maximum absolute atomic E-state index is 12.9. The summed E-state index contributed by atoms with van der Waals surface area (Å²) in [5.74, 6) is 0. The monoisotopic (exact) mass is 370 g/mol. The number of sulfonamides is 1. The fraction of sp³-hybridized carbons (Fsp3) is 0.429. The van der Waals surface area contributed by atoms with E-state index in [0.29, 0.717) is 18.0 Å². The third-order valence-corrected chi connectivity index (χ3v) is 7.96. The lowest BCUT2D eigenvalue weighted by Gasteiger charge is -2.56. The molecule has 5 heteroatoms. The van der Waals surface area contributed by atoms with Gasteiger partial charge < -0.3 is 0 Å².